The number of nitro groups is 1. The summed E-state index contributed by atoms with van der Waals surface area (Å²) in [6.45, 7) is -0.776. The summed E-state index contributed by atoms with van der Waals surface area (Å²) in [5.41, 5.74) is -0.179. The fourth-order valence-corrected chi connectivity index (χ4v) is 3.64. The average molecular weight is 531 g/mol. The Morgan fingerprint density at radius 2 is 1.57 bits per heavy atom. The van der Waals surface area contributed by atoms with Gasteiger partial charge in [-0.2, -0.15) is 0 Å². The molecule has 5 atom stereocenters. The average Bonchev–Trinajstić information content (AvgIpc) is 3.40. The van der Waals surface area contributed by atoms with Crippen LogP contribution in [0.25, 0.3) is 0 Å². The molecule has 0 bridgehead atoms. The summed E-state index contributed by atoms with van der Waals surface area (Å²) in [7, 11) is 0. The smallest absolute Gasteiger partial charge is 0.457 e. The van der Waals surface area contributed by atoms with Gasteiger partial charge in [0.05, 0.1) is 18.1 Å². The van der Waals surface area contributed by atoms with Crippen LogP contribution in [-0.4, -0.2) is 77.6 Å². The first-order valence-electron chi connectivity index (χ1n) is 10.8. The lowest BCUT2D eigenvalue weighted by Gasteiger charge is -2.17. The van der Waals surface area contributed by atoms with Crippen LogP contribution in [-0.2, 0) is 33.4 Å². The molecule has 1 aromatic carbocycles. The number of carbonyl (C=O) groups is 2. The number of esters is 1. The van der Waals surface area contributed by atoms with Crippen molar-refractivity contribution in [3.05, 3.63) is 54.6 Å². The molecule has 0 radical (unpaired) electrons. The van der Waals surface area contributed by atoms with E-state index in [1.165, 1.54) is 12.1 Å². The molecule has 18 heteroatoms. The predicted octanol–water partition coefficient (Wildman–Crippen LogP) is 1.14. The normalized spacial score (nSPS) is 22.8. The maximum atomic E-state index is 12.2. The topological polar surface area (TPSA) is 228 Å². The number of rotatable bonds is 13. The highest BCUT2D eigenvalue weighted by Crippen LogP contribution is 2.31. The zero-order chi connectivity index (χ0) is 26.9. The van der Waals surface area contributed by atoms with E-state index in [0.717, 1.165) is 12.1 Å². The minimum atomic E-state index is -1.24. The lowest BCUT2D eigenvalue weighted by Crippen LogP contribution is -2.36. The molecule has 2 aliphatic heterocycles. The van der Waals surface area contributed by atoms with E-state index in [0.29, 0.717) is 0 Å². The van der Waals surface area contributed by atoms with E-state index in [-0.39, 0.29) is 43.9 Å². The van der Waals surface area contributed by atoms with Crippen molar-refractivity contribution < 1.29 is 58.0 Å². The number of fused-ring (bicyclic) bond motifs is 1. The molecule has 2 heterocycles. The van der Waals surface area contributed by atoms with Crippen molar-refractivity contribution in [1.29, 1.82) is 0 Å². The Balaban J connectivity index is 1.41. The van der Waals surface area contributed by atoms with E-state index in [1.807, 2.05) is 0 Å². The van der Waals surface area contributed by atoms with Gasteiger partial charge < -0.3 is 33.4 Å². The molecule has 0 saturated carbocycles. The highest BCUT2D eigenvalue weighted by atomic mass is 17.0. The van der Waals surface area contributed by atoms with Gasteiger partial charge in [-0.1, -0.05) is 0 Å². The van der Waals surface area contributed by atoms with E-state index >= 15 is 0 Å². The molecular formula is C19H21N3O15. The van der Waals surface area contributed by atoms with Gasteiger partial charge in [0.2, 0.25) is 0 Å². The molecule has 37 heavy (non-hydrogen) atoms. The summed E-state index contributed by atoms with van der Waals surface area (Å²) in [5.74, 6) is -0.643. The SMILES string of the molecule is O=C(CCCC(CO[N+](=O)[O-])O[N+](=O)[O-])O[C@H]1CO[C@H]2[C@@H]1OC[C@H]2OC(=O)Oc1ccc([N+](=O)[O-])cc1. The van der Waals surface area contributed by atoms with Gasteiger partial charge in [-0.25, -0.2) is 4.79 Å². The first kappa shape index (κ1) is 27.3. The molecule has 202 valence electrons. The maximum Gasteiger partial charge on any atom is 0.514 e. The highest BCUT2D eigenvalue weighted by molar-refractivity contribution is 5.69. The van der Waals surface area contributed by atoms with Crippen LogP contribution in [0.15, 0.2) is 24.3 Å². The lowest BCUT2D eigenvalue weighted by atomic mass is 10.1. The quantitative estimate of drug-likeness (QED) is 0.150. The molecule has 0 amide bonds. The van der Waals surface area contributed by atoms with Gasteiger partial charge >= 0.3 is 12.1 Å². The number of hydrogen-bond donors (Lipinski definition) is 0. The molecule has 0 aliphatic carbocycles. The lowest BCUT2D eigenvalue weighted by molar-refractivity contribution is -0.790. The van der Waals surface area contributed by atoms with Crippen molar-refractivity contribution in [2.24, 2.45) is 0 Å². The van der Waals surface area contributed by atoms with Crippen LogP contribution in [0, 0.1) is 30.3 Å². The van der Waals surface area contributed by atoms with Crippen LogP contribution in [0.5, 0.6) is 5.75 Å². The van der Waals surface area contributed by atoms with Crippen LogP contribution in [0.1, 0.15) is 19.3 Å². The molecule has 2 fully saturated rings. The number of hydrogen-bond acceptors (Lipinski definition) is 15. The number of nitro benzene ring substituents is 1. The van der Waals surface area contributed by atoms with Crippen LogP contribution in [0.4, 0.5) is 10.5 Å². The first-order chi connectivity index (χ1) is 17.6. The van der Waals surface area contributed by atoms with E-state index in [9.17, 15) is 39.9 Å². The molecule has 0 spiro atoms. The van der Waals surface area contributed by atoms with Crippen molar-refractivity contribution in [2.75, 3.05) is 19.8 Å². The van der Waals surface area contributed by atoms with Crippen molar-refractivity contribution in [2.45, 2.75) is 49.8 Å². The second-order valence-electron chi connectivity index (χ2n) is 7.75. The van der Waals surface area contributed by atoms with Crippen LogP contribution >= 0.6 is 0 Å². The largest absolute Gasteiger partial charge is 0.514 e. The summed E-state index contributed by atoms with van der Waals surface area (Å²) in [5, 5.41) is 29.2. The Hall–Kier alpha value is -4.32. The molecule has 2 saturated heterocycles. The second-order valence-corrected chi connectivity index (χ2v) is 7.75. The van der Waals surface area contributed by atoms with Crippen LogP contribution < -0.4 is 4.74 Å². The summed E-state index contributed by atoms with van der Waals surface area (Å²) in [4.78, 5) is 63.5. The van der Waals surface area contributed by atoms with E-state index in [4.69, 9.17) is 23.7 Å². The van der Waals surface area contributed by atoms with Gasteiger partial charge in [0.25, 0.3) is 15.9 Å². The van der Waals surface area contributed by atoms with E-state index < -0.39 is 64.3 Å². The summed E-state index contributed by atoms with van der Waals surface area (Å²) < 4.78 is 26.6. The van der Waals surface area contributed by atoms with Crippen molar-refractivity contribution >= 4 is 17.8 Å². The molecule has 2 aliphatic rings. The number of nitrogens with zero attached hydrogens (tertiary/aromatic N) is 3. The Morgan fingerprint density at radius 3 is 2.14 bits per heavy atom. The van der Waals surface area contributed by atoms with Crippen molar-refractivity contribution in [3.63, 3.8) is 0 Å². The standard InChI is InChI=1S/C19H21N3O15/c23-16(3-1-2-13(37-22(29)30)8-33-21(27)28)35-14-9-31-18-15(10-32-17(14)18)36-19(24)34-12-6-4-11(5-7-12)20(25)26/h4-7,13-15,17-18H,1-3,8-10H2/t13?,14-,15+,17+,18+/m0/s1. The Labute approximate surface area is 206 Å². The molecule has 1 aromatic rings. The molecule has 0 N–H and O–H groups in total. The number of benzene rings is 1. The van der Waals surface area contributed by atoms with Crippen molar-refractivity contribution in [3.8, 4) is 5.75 Å². The zero-order valence-corrected chi connectivity index (χ0v) is 18.9. The number of carbonyl (C=O) groups excluding carboxylic acids is 2. The van der Waals surface area contributed by atoms with Gasteiger partial charge in [-0.3, -0.25) is 14.9 Å². The third-order valence-electron chi connectivity index (χ3n) is 5.25. The molecule has 0 aromatic heterocycles. The molecule has 18 nitrogen and oxygen atoms in total. The third kappa shape index (κ3) is 8.10. The van der Waals surface area contributed by atoms with Gasteiger partial charge in [0, 0.05) is 18.6 Å². The Morgan fingerprint density at radius 1 is 0.946 bits per heavy atom. The molecule has 3 rings (SSSR count). The molecular weight excluding hydrogens is 510 g/mol. The Kier molecular flexibility index (Phi) is 9.27. The predicted molar refractivity (Wildman–Crippen MR) is 112 cm³/mol. The minimum Gasteiger partial charge on any atom is -0.457 e. The number of non-ortho nitro benzene ring substituents is 1. The second kappa shape index (κ2) is 12.6. The number of ether oxygens (including phenoxy) is 5. The Bertz CT molecular complexity index is 1000. The van der Waals surface area contributed by atoms with E-state index in [2.05, 4.69) is 9.68 Å². The first-order valence-corrected chi connectivity index (χ1v) is 10.8. The minimum absolute atomic E-state index is 0.0287. The van der Waals surface area contributed by atoms with E-state index in [1.54, 1.807) is 0 Å². The zero-order valence-electron chi connectivity index (χ0n) is 18.9. The molecule has 1 unspecified atom stereocenters. The summed E-state index contributed by atoms with van der Waals surface area (Å²) in [6, 6.07) is 4.78. The maximum absolute atomic E-state index is 12.2. The summed E-state index contributed by atoms with van der Waals surface area (Å²) in [6.07, 6.45) is -5.65. The third-order valence-corrected chi connectivity index (χ3v) is 5.25. The fourth-order valence-electron chi connectivity index (χ4n) is 3.64. The van der Waals surface area contributed by atoms with Gasteiger partial charge in [-0.15, -0.1) is 20.2 Å². The summed E-state index contributed by atoms with van der Waals surface area (Å²) >= 11 is 0. The highest BCUT2D eigenvalue weighted by Gasteiger charge is 2.51. The van der Waals surface area contributed by atoms with Gasteiger partial charge in [0.1, 0.15) is 30.7 Å². The monoisotopic (exact) mass is 531 g/mol. The fraction of sp³-hybridized carbons (Fsp3) is 0.579. The van der Waals surface area contributed by atoms with Crippen LogP contribution in [0.3, 0.4) is 0 Å². The van der Waals surface area contributed by atoms with Gasteiger partial charge in [-0.05, 0) is 25.0 Å². The van der Waals surface area contributed by atoms with Crippen molar-refractivity contribution in [1.82, 2.24) is 0 Å². The van der Waals surface area contributed by atoms with Crippen LogP contribution in [0.2, 0.25) is 0 Å². The van der Waals surface area contributed by atoms with Gasteiger partial charge in [0.15, 0.2) is 12.2 Å².